The van der Waals surface area contributed by atoms with E-state index in [1.165, 1.54) is 24.1 Å². The lowest BCUT2D eigenvalue weighted by Crippen LogP contribution is -2.40. The summed E-state index contributed by atoms with van der Waals surface area (Å²) >= 11 is 6.02. The van der Waals surface area contributed by atoms with Gasteiger partial charge in [0.25, 0.3) is 0 Å². The summed E-state index contributed by atoms with van der Waals surface area (Å²) in [5.74, 6) is 0. The van der Waals surface area contributed by atoms with Gasteiger partial charge in [-0.3, -0.25) is 4.90 Å². The Bertz CT molecular complexity index is 743. The molecular weight excluding hydrogens is 344 g/mol. The first kappa shape index (κ1) is 17.6. The number of halogens is 1. The molecule has 0 saturated carbocycles. The number of benzene rings is 2. The molecule has 0 spiro atoms. The predicted octanol–water partition coefficient (Wildman–Crippen LogP) is 5.25. The van der Waals surface area contributed by atoms with E-state index < -0.39 is 0 Å². The van der Waals surface area contributed by atoms with Crippen LogP contribution in [0.25, 0.3) is 0 Å². The van der Waals surface area contributed by atoms with Gasteiger partial charge in [0.05, 0.1) is 5.71 Å². The molecule has 4 heteroatoms. The number of piperidine rings is 1. The molecule has 0 amide bonds. The average Bonchev–Trinajstić information content (AvgIpc) is 2.88. The zero-order valence-electron chi connectivity index (χ0n) is 15.1. The molecule has 0 aromatic heterocycles. The van der Waals surface area contributed by atoms with Crippen LogP contribution in [0.1, 0.15) is 42.9 Å². The van der Waals surface area contributed by atoms with Gasteiger partial charge in [0.1, 0.15) is 0 Å². The summed E-state index contributed by atoms with van der Waals surface area (Å²) in [6, 6.07) is 19.6. The first-order valence-corrected chi connectivity index (χ1v) is 9.80. The topological polar surface area (TPSA) is 24.8 Å². The van der Waals surface area contributed by atoms with Gasteiger partial charge in [-0.2, -0.15) is 0 Å². The zero-order chi connectivity index (χ0) is 17.9. The number of hydrogen-bond acceptors (Lipinski definition) is 3. The third kappa shape index (κ3) is 3.94. The maximum atomic E-state index is 6.10. The van der Waals surface area contributed by atoms with Gasteiger partial charge in [-0.05, 0) is 43.1 Å². The monoisotopic (exact) mass is 368 g/mol. The second kappa shape index (κ2) is 7.81. The van der Waals surface area contributed by atoms with Gasteiger partial charge in [0, 0.05) is 36.4 Å². The molecule has 4 rings (SSSR count). The van der Waals surface area contributed by atoms with E-state index in [4.69, 9.17) is 16.4 Å². The van der Waals surface area contributed by atoms with E-state index in [-0.39, 0.29) is 6.10 Å². The van der Waals surface area contributed by atoms with Gasteiger partial charge in [-0.1, -0.05) is 59.2 Å². The molecule has 2 heterocycles. The van der Waals surface area contributed by atoms with Crippen molar-refractivity contribution in [1.29, 1.82) is 0 Å². The molecule has 0 N–H and O–H groups in total. The maximum Gasteiger partial charge on any atom is 0.156 e. The van der Waals surface area contributed by atoms with E-state index in [1.807, 2.05) is 18.2 Å². The van der Waals surface area contributed by atoms with Crippen LogP contribution in [0.4, 0.5) is 0 Å². The first-order valence-electron chi connectivity index (χ1n) is 9.42. The molecule has 3 nitrogen and oxygen atoms in total. The zero-order valence-corrected chi connectivity index (χ0v) is 15.9. The van der Waals surface area contributed by atoms with Crippen LogP contribution >= 0.6 is 11.6 Å². The van der Waals surface area contributed by atoms with Crippen molar-refractivity contribution >= 4 is 17.3 Å². The number of nitrogens with zero attached hydrogens (tertiary/aromatic N) is 2. The van der Waals surface area contributed by atoms with Crippen LogP contribution in [-0.2, 0) is 11.3 Å². The van der Waals surface area contributed by atoms with Crippen LogP contribution in [0.2, 0.25) is 5.02 Å². The van der Waals surface area contributed by atoms with Crippen molar-refractivity contribution in [2.75, 3.05) is 7.05 Å². The van der Waals surface area contributed by atoms with Gasteiger partial charge in [0.2, 0.25) is 0 Å². The molecular formula is C22H25ClN2O. The van der Waals surface area contributed by atoms with E-state index in [0.717, 1.165) is 29.8 Å². The van der Waals surface area contributed by atoms with Crippen LogP contribution in [0.3, 0.4) is 0 Å². The van der Waals surface area contributed by atoms with Gasteiger partial charge >= 0.3 is 0 Å². The van der Waals surface area contributed by atoms with E-state index in [0.29, 0.717) is 12.1 Å². The minimum Gasteiger partial charge on any atom is -0.387 e. The largest absolute Gasteiger partial charge is 0.387 e. The second-order valence-corrected chi connectivity index (χ2v) is 7.89. The summed E-state index contributed by atoms with van der Waals surface area (Å²) in [6.45, 7) is 0. The molecule has 26 heavy (non-hydrogen) atoms. The van der Waals surface area contributed by atoms with Crippen LogP contribution in [0.5, 0.6) is 0 Å². The Balaban J connectivity index is 1.50. The van der Waals surface area contributed by atoms with Crippen molar-refractivity contribution in [2.24, 2.45) is 5.16 Å². The number of rotatable bonds is 5. The number of fused-ring (bicyclic) bond motifs is 2. The Hall–Kier alpha value is -1.84. The van der Waals surface area contributed by atoms with Gasteiger partial charge in [-0.15, -0.1) is 0 Å². The molecule has 2 aliphatic rings. The lowest BCUT2D eigenvalue weighted by atomic mass is 10.0. The Kier molecular flexibility index (Phi) is 5.28. The summed E-state index contributed by atoms with van der Waals surface area (Å²) in [7, 11) is 2.24. The molecule has 2 saturated heterocycles. The smallest absolute Gasteiger partial charge is 0.156 e. The van der Waals surface area contributed by atoms with Gasteiger partial charge < -0.3 is 4.84 Å². The minimum absolute atomic E-state index is 0.0813. The Morgan fingerprint density at radius 2 is 1.69 bits per heavy atom. The van der Waals surface area contributed by atoms with E-state index in [1.54, 1.807) is 0 Å². The van der Waals surface area contributed by atoms with E-state index >= 15 is 0 Å². The molecule has 3 atom stereocenters. The Morgan fingerprint density at radius 3 is 2.35 bits per heavy atom. The van der Waals surface area contributed by atoms with Crippen LogP contribution in [-0.4, -0.2) is 29.7 Å². The summed E-state index contributed by atoms with van der Waals surface area (Å²) in [6.07, 6.45) is 5.35. The fraction of sp³-hybridized carbons (Fsp3) is 0.409. The van der Waals surface area contributed by atoms with Crippen LogP contribution in [0, 0.1) is 0 Å². The van der Waals surface area contributed by atoms with Crippen molar-refractivity contribution in [1.82, 2.24) is 4.90 Å². The second-order valence-electron chi connectivity index (χ2n) is 7.45. The molecule has 3 unspecified atom stereocenters. The summed E-state index contributed by atoms with van der Waals surface area (Å²) < 4.78 is 0. The summed E-state index contributed by atoms with van der Waals surface area (Å²) in [5.41, 5.74) is 3.57. The lowest BCUT2D eigenvalue weighted by Gasteiger charge is -2.31. The summed E-state index contributed by atoms with van der Waals surface area (Å²) in [5, 5.41) is 5.37. The normalized spacial score (nSPS) is 23.7. The predicted molar refractivity (Wildman–Crippen MR) is 107 cm³/mol. The maximum absolute atomic E-state index is 6.10. The lowest BCUT2D eigenvalue weighted by molar-refractivity contribution is 0.0560. The van der Waals surface area contributed by atoms with Crippen LogP contribution in [0.15, 0.2) is 59.8 Å². The van der Waals surface area contributed by atoms with Gasteiger partial charge in [0.15, 0.2) is 6.10 Å². The molecule has 2 aliphatic heterocycles. The SMILES string of the molecule is CN1C2CCC1CC(=NOC(Cc1ccc(Cl)cc1)c1ccccc1)C2. The third-order valence-corrected chi connectivity index (χ3v) is 5.99. The van der Waals surface area contributed by atoms with Gasteiger partial charge in [-0.25, -0.2) is 0 Å². The van der Waals surface area contributed by atoms with Crippen LogP contribution < -0.4 is 0 Å². The van der Waals surface area contributed by atoms with E-state index in [9.17, 15) is 0 Å². The van der Waals surface area contributed by atoms with Crippen molar-refractivity contribution < 1.29 is 4.84 Å². The van der Waals surface area contributed by atoms with Crippen molar-refractivity contribution in [3.63, 3.8) is 0 Å². The van der Waals surface area contributed by atoms with Crippen molar-refractivity contribution in [3.05, 3.63) is 70.7 Å². The molecule has 0 aliphatic carbocycles. The molecule has 2 aromatic carbocycles. The number of oxime groups is 1. The summed E-state index contributed by atoms with van der Waals surface area (Å²) in [4.78, 5) is 8.61. The highest BCUT2D eigenvalue weighted by Crippen LogP contribution is 2.33. The molecule has 136 valence electrons. The highest BCUT2D eigenvalue weighted by Gasteiger charge is 2.37. The molecule has 2 aromatic rings. The number of hydrogen-bond donors (Lipinski definition) is 0. The van der Waals surface area contributed by atoms with Crippen molar-refractivity contribution in [3.8, 4) is 0 Å². The molecule has 2 bridgehead atoms. The van der Waals surface area contributed by atoms with Crippen molar-refractivity contribution in [2.45, 2.75) is 50.3 Å². The highest BCUT2D eigenvalue weighted by molar-refractivity contribution is 6.30. The Morgan fingerprint density at radius 1 is 1.04 bits per heavy atom. The first-order chi connectivity index (χ1) is 12.7. The Labute approximate surface area is 160 Å². The molecule has 2 fully saturated rings. The minimum atomic E-state index is -0.0813. The fourth-order valence-electron chi connectivity index (χ4n) is 4.14. The highest BCUT2D eigenvalue weighted by atomic mass is 35.5. The third-order valence-electron chi connectivity index (χ3n) is 5.74. The molecule has 0 radical (unpaired) electrons. The standard InChI is InChI=1S/C22H25ClN2O/c1-25-20-11-12-21(25)15-19(14-20)24-26-22(17-5-3-2-4-6-17)13-16-7-9-18(23)10-8-16/h2-10,20-22H,11-15H2,1H3. The quantitative estimate of drug-likeness (QED) is 0.673. The average molecular weight is 369 g/mol. The van der Waals surface area contributed by atoms with E-state index in [2.05, 4.69) is 53.5 Å². The fourth-order valence-corrected chi connectivity index (χ4v) is 4.27.